The van der Waals surface area contributed by atoms with Gasteiger partial charge in [0.2, 0.25) is 0 Å². The third kappa shape index (κ3) is 3.11. The third-order valence-corrected chi connectivity index (χ3v) is 5.14. The van der Waals surface area contributed by atoms with Crippen LogP contribution >= 0.6 is 0 Å². The van der Waals surface area contributed by atoms with E-state index < -0.39 is 0 Å². The van der Waals surface area contributed by atoms with Crippen molar-refractivity contribution in [2.45, 2.75) is 71.6 Å². The number of rotatable bonds is 3. The largest absolute Gasteiger partial charge is 0.299 e. The van der Waals surface area contributed by atoms with Crippen LogP contribution in [0.25, 0.3) is 0 Å². The van der Waals surface area contributed by atoms with Gasteiger partial charge in [0.05, 0.1) is 0 Å². The Hall–Kier alpha value is -0.330. The standard InChI is InChI=1S/C16H28O/c1-3-13-8-4-5-10-15(13)16(17)14-9-6-7-12(2)11-14/h12-15H,3-11H2,1-2H3. The number of carbonyl (C=O) groups is 1. The van der Waals surface area contributed by atoms with Crippen molar-refractivity contribution in [2.24, 2.45) is 23.7 Å². The Morgan fingerprint density at radius 1 is 1.06 bits per heavy atom. The topological polar surface area (TPSA) is 17.1 Å². The van der Waals surface area contributed by atoms with Gasteiger partial charge in [0.25, 0.3) is 0 Å². The normalized spacial score (nSPS) is 38.9. The van der Waals surface area contributed by atoms with Crippen LogP contribution < -0.4 is 0 Å². The summed E-state index contributed by atoms with van der Waals surface area (Å²) in [6.45, 7) is 4.58. The molecule has 2 fully saturated rings. The minimum atomic E-state index is 0.413. The zero-order chi connectivity index (χ0) is 12.3. The molecule has 0 heterocycles. The molecular formula is C16H28O. The molecule has 0 N–H and O–H groups in total. The van der Waals surface area contributed by atoms with Crippen LogP contribution in [0.1, 0.15) is 71.6 Å². The minimum Gasteiger partial charge on any atom is -0.299 e. The fourth-order valence-corrected chi connectivity index (χ4v) is 4.07. The minimum absolute atomic E-state index is 0.413. The molecule has 0 aliphatic heterocycles. The predicted octanol–water partition coefficient (Wildman–Crippen LogP) is 4.60. The van der Waals surface area contributed by atoms with Gasteiger partial charge in [-0.15, -0.1) is 0 Å². The Labute approximate surface area is 106 Å². The molecule has 0 spiro atoms. The van der Waals surface area contributed by atoms with E-state index in [2.05, 4.69) is 13.8 Å². The molecule has 0 aromatic carbocycles. The molecule has 1 heteroatoms. The molecule has 0 aromatic heterocycles. The SMILES string of the molecule is CCC1CCCCC1C(=O)C1CCCC(C)C1. The number of hydrogen-bond acceptors (Lipinski definition) is 1. The van der Waals surface area contributed by atoms with E-state index >= 15 is 0 Å². The highest BCUT2D eigenvalue weighted by atomic mass is 16.1. The Morgan fingerprint density at radius 3 is 2.53 bits per heavy atom. The van der Waals surface area contributed by atoms with Crippen LogP contribution in [-0.2, 0) is 4.79 Å². The average molecular weight is 236 g/mol. The Balaban J connectivity index is 1.97. The predicted molar refractivity (Wildman–Crippen MR) is 71.9 cm³/mol. The molecule has 0 amide bonds. The summed E-state index contributed by atoms with van der Waals surface area (Å²) in [7, 11) is 0. The second kappa shape index (κ2) is 6.02. The highest BCUT2D eigenvalue weighted by molar-refractivity contribution is 5.83. The molecule has 2 aliphatic carbocycles. The average Bonchev–Trinajstić information content (AvgIpc) is 2.38. The summed E-state index contributed by atoms with van der Waals surface area (Å²) < 4.78 is 0. The maximum atomic E-state index is 12.7. The van der Waals surface area contributed by atoms with Gasteiger partial charge < -0.3 is 0 Å². The molecule has 98 valence electrons. The molecule has 0 saturated heterocycles. The highest BCUT2D eigenvalue weighted by Gasteiger charge is 2.35. The molecule has 0 radical (unpaired) electrons. The summed E-state index contributed by atoms with van der Waals surface area (Å²) >= 11 is 0. The monoisotopic (exact) mass is 236 g/mol. The van der Waals surface area contributed by atoms with Crippen LogP contribution in [0.15, 0.2) is 0 Å². The van der Waals surface area contributed by atoms with Crippen LogP contribution in [0, 0.1) is 23.7 Å². The quantitative estimate of drug-likeness (QED) is 0.700. The van der Waals surface area contributed by atoms with Crippen molar-refractivity contribution in [1.82, 2.24) is 0 Å². The fraction of sp³-hybridized carbons (Fsp3) is 0.938. The molecule has 4 unspecified atom stereocenters. The summed E-state index contributed by atoms with van der Waals surface area (Å²) in [6.07, 6.45) is 11.3. The lowest BCUT2D eigenvalue weighted by atomic mass is 9.69. The first-order valence-corrected chi connectivity index (χ1v) is 7.76. The van der Waals surface area contributed by atoms with Gasteiger partial charge in [-0.1, -0.05) is 46.0 Å². The Kier molecular flexibility index (Phi) is 4.64. The van der Waals surface area contributed by atoms with E-state index in [1.54, 1.807) is 0 Å². The van der Waals surface area contributed by atoms with E-state index in [0.717, 1.165) is 5.92 Å². The fourth-order valence-electron chi connectivity index (χ4n) is 4.07. The smallest absolute Gasteiger partial charge is 0.139 e. The van der Waals surface area contributed by atoms with Crippen LogP contribution in [-0.4, -0.2) is 5.78 Å². The number of ketones is 1. The van der Waals surface area contributed by atoms with Crippen molar-refractivity contribution in [3.63, 3.8) is 0 Å². The maximum Gasteiger partial charge on any atom is 0.139 e. The first-order chi connectivity index (χ1) is 8.22. The van der Waals surface area contributed by atoms with Gasteiger partial charge in [-0.3, -0.25) is 4.79 Å². The molecule has 2 saturated carbocycles. The molecule has 2 aliphatic rings. The zero-order valence-electron chi connectivity index (χ0n) is 11.6. The first kappa shape index (κ1) is 13.1. The lowest BCUT2D eigenvalue weighted by Crippen LogP contribution is -2.33. The van der Waals surface area contributed by atoms with E-state index in [1.165, 1.54) is 57.8 Å². The summed E-state index contributed by atoms with van der Waals surface area (Å²) in [5.74, 6) is 2.96. The second-order valence-electron chi connectivity index (χ2n) is 6.43. The molecular weight excluding hydrogens is 208 g/mol. The number of Topliss-reactive ketones (excluding diaryl/α,β-unsaturated/α-hetero) is 1. The van der Waals surface area contributed by atoms with Crippen molar-refractivity contribution in [2.75, 3.05) is 0 Å². The van der Waals surface area contributed by atoms with E-state index in [0.29, 0.717) is 23.5 Å². The summed E-state index contributed by atoms with van der Waals surface area (Å²) in [5.41, 5.74) is 0. The molecule has 0 bridgehead atoms. The van der Waals surface area contributed by atoms with Gasteiger partial charge in [0.1, 0.15) is 5.78 Å². The lowest BCUT2D eigenvalue weighted by molar-refractivity contribution is -0.131. The van der Waals surface area contributed by atoms with Crippen molar-refractivity contribution >= 4 is 5.78 Å². The van der Waals surface area contributed by atoms with Gasteiger partial charge in [0.15, 0.2) is 0 Å². The van der Waals surface area contributed by atoms with Crippen molar-refractivity contribution in [3.05, 3.63) is 0 Å². The second-order valence-corrected chi connectivity index (χ2v) is 6.43. The maximum absolute atomic E-state index is 12.7. The Bertz CT molecular complexity index is 258. The molecule has 0 aromatic rings. The van der Waals surface area contributed by atoms with Crippen LogP contribution in [0.5, 0.6) is 0 Å². The van der Waals surface area contributed by atoms with Gasteiger partial charge in [-0.2, -0.15) is 0 Å². The summed E-state index contributed by atoms with van der Waals surface area (Å²) in [5, 5.41) is 0. The van der Waals surface area contributed by atoms with E-state index in [4.69, 9.17) is 0 Å². The van der Waals surface area contributed by atoms with Gasteiger partial charge in [-0.05, 0) is 37.5 Å². The first-order valence-electron chi connectivity index (χ1n) is 7.76. The molecule has 17 heavy (non-hydrogen) atoms. The molecule has 2 rings (SSSR count). The van der Waals surface area contributed by atoms with Crippen LogP contribution in [0.2, 0.25) is 0 Å². The van der Waals surface area contributed by atoms with Crippen LogP contribution in [0.3, 0.4) is 0 Å². The summed E-state index contributed by atoms with van der Waals surface area (Å²) in [6, 6.07) is 0. The highest BCUT2D eigenvalue weighted by Crippen LogP contribution is 2.38. The van der Waals surface area contributed by atoms with Crippen molar-refractivity contribution in [1.29, 1.82) is 0 Å². The van der Waals surface area contributed by atoms with Crippen molar-refractivity contribution in [3.8, 4) is 0 Å². The van der Waals surface area contributed by atoms with E-state index in [9.17, 15) is 4.79 Å². The van der Waals surface area contributed by atoms with Crippen LogP contribution in [0.4, 0.5) is 0 Å². The summed E-state index contributed by atoms with van der Waals surface area (Å²) in [4.78, 5) is 12.7. The van der Waals surface area contributed by atoms with E-state index in [1.807, 2.05) is 0 Å². The third-order valence-electron chi connectivity index (χ3n) is 5.14. The lowest BCUT2D eigenvalue weighted by Gasteiger charge is -2.34. The van der Waals surface area contributed by atoms with Crippen molar-refractivity contribution < 1.29 is 4.79 Å². The Morgan fingerprint density at radius 2 is 1.82 bits per heavy atom. The van der Waals surface area contributed by atoms with Gasteiger partial charge >= 0.3 is 0 Å². The molecule has 4 atom stereocenters. The number of carbonyl (C=O) groups excluding carboxylic acids is 1. The van der Waals surface area contributed by atoms with Gasteiger partial charge in [-0.25, -0.2) is 0 Å². The van der Waals surface area contributed by atoms with Gasteiger partial charge in [0, 0.05) is 11.8 Å². The number of hydrogen-bond donors (Lipinski definition) is 0. The molecule has 1 nitrogen and oxygen atoms in total. The zero-order valence-corrected chi connectivity index (χ0v) is 11.6. The van der Waals surface area contributed by atoms with E-state index in [-0.39, 0.29) is 0 Å².